The topological polar surface area (TPSA) is 30.3 Å². The van der Waals surface area contributed by atoms with Gasteiger partial charge in [-0.1, -0.05) is 0 Å². The third-order valence-corrected chi connectivity index (χ3v) is 3.69. The molecule has 0 aliphatic carbocycles. The van der Waals surface area contributed by atoms with Crippen molar-refractivity contribution in [3.63, 3.8) is 0 Å². The molecule has 0 bridgehead atoms. The van der Waals surface area contributed by atoms with Gasteiger partial charge in [-0.15, -0.1) is 0 Å². The summed E-state index contributed by atoms with van der Waals surface area (Å²) in [6.07, 6.45) is 4.49. The molecule has 0 amide bonds. The number of halogens is 1. The number of likely N-dealkylation sites (tertiary alicyclic amines) is 1. The second-order valence-corrected chi connectivity index (χ2v) is 5.29. The number of methoxy groups -OCH3 is 1. The van der Waals surface area contributed by atoms with Crippen LogP contribution in [0.4, 0.5) is 0 Å². The van der Waals surface area contributed by atoms with E-state index >= 15 is 0 Å². The molecule has 0 saturated carbocycles. The molecule has 1 aromatic rings. The summed E-state index contributed by atoms with van der Waals surface area (Å²) in [5.41, 5.74) is 0. The van der Waals surface area contributed by atoms with Gasteiger partial charge >= 0.3 is 0 Å². The normalized spacial score (nSPS) is 19.1. The lowest BCUT2D eigenvalue weighted by Gasteiger charge is -2.31. The number of hydrogen-bond donors (Lipinski definition) is 0. The van der Waals surface area contributed by atoms with Gasteiger partial charge < -0.3 is 9.64 Å². The summed E-state index contributed by atoms with van der Waals surface area (Å²) in [7, 11) is 1.76. The molecule has 1 fully saturated rings. The lowest BCUT2D eigenvalue weighted by Crippen LogP contribution is -2.36. The van der Waals surface area contributed by atoms with Gasteiger partial charge in [0.05, 0.1) is 12.6 Å². The molecule has 1 aliphatic heterocycles. The van der Waals surface area contributed by atoms with Crippen LogP contribution < -0.4 is 0 Å². The van der Waals surface area contributed by atoms with E-state index < -0.39 is 0 Å². The third kappa shape index (κ3) is 3.18. The van der Waals surface area contributed by atoms with Crippen LogP contribution >= 0.6 is 22.6 Å². The van der Waals surface area contributed by atoms with Gasteiger partial charge in [0.1, 0.15) is 3.70 Å². The van der Waals surface area contributed by atoms with Crippen LogP contribution in [0.15, 0.2) is 12.3 Å². The van der Waals surface area contributed by atoms with Crippen LogP contribution in [0.2, 0.25) is 0 Å². The van der Waals surface area contributed by atoms with Crippen LogP contribution in [0, 0.1) is 3.70 Å². The van der Waals surface area contributed by atoms with Gasteiger partial charge in [-0.3, -0.25) is 4.68 Å². The van der Waals surface area contributed by atoms with Crippen molar-refractivity contribution in [3.8, 4) is 0 Å². The summed E-state index contributed by atoms with van der Waals surface area (Å²) in [4.78, 5) is 2.47. The first-order valence-electron chi connectivity index (χ1n) is 5.71. The molecule has 1 aliphatic rings. The Morgan fingerprint density at radius 3 is 2.81 bits per heavy atom. The largest absolute Gasteiger partial charge is 0.383 e. The Morgan fingerprint density at radius 2 is 2.25 bits per heavy atom. The average Bonchev–Trinajstić information content (AvgIpc) is 2.74. The van der Waals surface area contributed by atoms with Gasteiger partial charge in [0.25, 0.3) is 0 Å². The first kappa shape index (κ1) is 12.3. The Labute approximate surface area is 110 Å². The van der Waals surface area contributed by atoms with E-state index in [2.05, 4.69) is 49.5 Å². The van der Waals surface area contributed by atoms with Crippen molar-refractivity contribution in [3.05, 3.63) is 16.0 Å². The number of hydrogen-bond acceptors (Lipinski definition) is 3. The van der Waals surface area contributed by atoms with E-state index in [0.717, 1.165) is 29.9 Å². The minimum Gasteiger partial charge on any atom is -0.383 e. The Balaban J connectivity index is 1.81. The Kier molecular flexibility index (Phi) is 4.60. The molecule has 16 heavy (non-hydrogen) atoms. The Bertz CT molecular complexity index is 321. The lowest BCUT2D eigenvalue weighted by molar-refractivity contribution is 0.119. The van der Waals surface area contributed by atoms with Crippen LogP contribution in [0.3, 0.4) is 0 Å². The molecule has 2 rings (SSSR count). The summed E-state index contributed by atoms with van der Waals surface area (Å²) >= 11 is 2.26. The molecule has 0 atom stereocenters. The number of aromatic nitrogens is 2. The van der Waals surface area contributed by atoms with Gasteiger partial charge in [0, 0.05) is 32.9 Å². The molecule has 90 valence electrons. The van der Waals surface area contributed by atoms with E-state index in [1.54, 1.807) is 7.11 Å². The van der Waals surface area contributed by atoms with Crippen molar-refractivity contribution in [2.45, 2.75) is 18.9 Å². The highest BCUT2D eigenvalue weighted by atomic mass is 127. The molecule has 1 aromatic heterocycles. The van der Waals surface area contributed by atoms with Crippen molar-refractivity contribution in [2.75, 3.05) is 33.4 Å². The van der Waals surface area contributed by atoms with Crippen molar-refractivity contribution < 1.29 is 4.74 Å². The van der Waals surface area contributed by atoms with Crippen molar-refractivity contribution >= 4 is 22.6 Å². The van der Waals surface area contributed by atoms with Crippen molar-refractivity contribution in [2.24, 2.45) is 0 Å². The molecule has 0 aromatic carbocycles. The number of ether oxygens (including phenoxy) is 1. The molecular weight excluding hydrogens is 317 g/mol. The first-order chi connectivity index (χ1) is 7.79. The summed E-state index contributed by atoms with van der Waals surface area (Å²) in [5, 5.41) is 4.48. The van der Waals surface area contributed by atoms with Crippen LogP contribution in [-0.4, -0.2) is 48.0 Å². The van der Waals surface area contributed by atoms with E-state index in [0.29, 0.717) is 6.04 Å². The van der Waals surface area contributed by atoms with E-state index in [1.807, 2.05) is 0 Å². The van der Waals surface area contributed by atoms with E-state index in [4.69, 9.17) is 4.74 Å². The van der Waals surface area contributed by atoms with Crippen molar-refractivity contribution in [1.82, 2.24) is 14.7 Å². The van der Waals surface area contributed by atoms with Crippen LogP contribution in [0.5, 0.6) is 0 Å². The van der Waals surface area contributed by atoms with Gasteiger partial charge in [-0.2, -0.15) is 5.10 Å². The fraction of sp³-hybridized carbons (Fsp3) is 0.727. The van der Waals surface area contributed by atoms with E-state index in [-0.39, 0.29) is 0 Å². The molecule has 0 unspecified atom stereocenters. The minimum absolute atomic E-state index is 0.585. The van der Waals surface area contributed by atoms with Crippen LogP contribution in [0.1, 0.15) is 18.9 Å². The summed E-state index contributed by atoms with van der Waals surface area (Å²) in [5.74, 6) is 0. The predicted octanol–water partition coefficient (Wildman–Crippen LogP) is 1.77. The zero-order chi connectivity index (χ0) is 11.4. The zero-order valence-electron chi connectivity index (χ0n) is 9.60. The molecule has 5 heteroatoms. The van der Waals surface area contributed by atoms with Gasteiger partial charge in [-0.05, 0) is 41.5 Å². The molecule has 1 saturated heterocycles. The maximum Gasteiger partial charge on any atom is 0.123 e. The second-order valence-electron chi connectivity index (χ2n) is 4.18. The highest BCUT2D eigenvalue weighted by molar-refractivity contribution is 14.1. The smallest absolute Gasteiger partial charge is 0.123 e. The summed E-state index contributed by atoms with van der Waals surface area (Å²) in [6, 6.07) is 2.65. The molecule has 0 N–H and O–H groups in total. The quantitative estimate of drug-likeness (QED) is 0.786. The van der Waals surface area contributed by atoms with Gasteiger partial charge in [0.2, 0.25) is 0 Å². The van der Waals surface area contributed by atoms with E-state index in [1.165, 1.54) is 12.8 Å². The fourth-order valence-electron chi connectivity index (χ4n) is 2.15. The summed E-state index contributed by atoms with van der Waals surface area (Å²) in [6.45, 7) is 4.21. The molecule has 0 spiro atoms. The highest BCUT2D eigenvalue weighted by Crippen LogP contribution is 2.21. The zero-order valence-corrected chi connectivity index (χ0v) is 11.8. The van der Waals surface area contributed by atoms with Gasteiger partial charge in [0.15, 0.2) is 0 Å². The average molecular weight is 335 g/mol. The summed E-state index contributed by atoms with van der Waals surface area (Å²) < 4.78 is 8.30. The monoisotopic (exact) mass is 335 g/mol. The maximum atomic E-state index is 5.10. The molecule has 2 heterocycles. The van der Waals surface area contributed by atoms with E-state index in [9.17, 15) is 0 Å². The van der Waals surface area contributed by atoms with Crippen molar-refractivity contribution in [1.29, 1.82) is 0 Å². The van der Waals surface area contributed by atoms with Gasteiger partial charge in [-0.25, -0.2) is 0 Å². The first-order valence-corrected chi connectivity index (χ1v) is 6.79. The van der Waals surface area contributed by atoms with Crippen LogP contribution in [-0.2, 0) is 4.74 Å². The number of nitrogens with zero attached hydrogens (tertiary/aromatic N) is 3. The number of piperidine rings is 1. The fourth-order valence-corrected chi connectivity index (χ4v) is 2.56. The third-order valence-electron chi connectivity index (χ3n) is 3.12. The predicted molar refractivity (Wildman–Crippen MR) is 71.5 cm³/mol. The minimum atomic E-state index is 0.585. The molecular formula is C11H18IN3O. The Morgan fingerprint density at radius 1 is 1.50 bits per heavy atom. The highest BCUT2D eigenvalue weighted by Gasteiger charge is 2.20. The lowest BCUT2D eigenvalue weighted by atomic mass is 10.1. The number of rotatable bonds is 4. The second kappa shape index (κ2) is 5.97. The molecule has 0 radical (unpaired) electrons. The Hall–Kier alpha value is -0.140. The standard InChI is InChI=1S/C11H18IN3O/c1-16-9-8-14-5-2-10(3-6-14)15-7-4-11(12)13-15/h4,7,10H,2-3,5-6,8-9H2,1H3. The molecule has 4 nitrogen and oxygen atoms in total. The van der Waals surface area contributed by atoms with Crippen LogP contribution in [0.25, 0.3) is 0 Å². The SMILES string of the molecule is COCCN1CCC(n2ccc(I)n2)CC1. The maximum absolute atomic E-state index is 5.10.